The monoisotopic (exact) mass is 385 g/mol. The van der Waals surface area contributed by atoms with E-state index >= 15 is 0 Å². The van der Waals surface area contributed by atoms with Crippen LogP contribution in [-0.2, 0) is 4.74 Å². The molecule has 1 aliphatic carbocycles. The zero-order valence-electron chi connectivity index (χ0n) is 15.9. The lowest BCUT2D eigenvalue weighted by atomic mass is 9.94. The molecule has 0 unspecified atom stereocenters. The topological polar surface area (TPSA) is 81.8 Å². The lowest BCUT2D eigenvalue weighted by Gasteiger charge is -2.48. The van der Waals surface area contributed by atoms with Crippen molar-refractivity contribution in [1.82, 2.24) is 14.9 Å². The van der Waals surface area contributed by atoms with Gasteiger partial charge in [-0.2, -0.15) is 10.4 Å². The third-order valence-electron chi connectivity index (χ3n) is 5.92. The van der Waals surface area contributed by atoms with Crippen molar-refractivity contribution in [2.24, 2.45) is 5.10 Å². The zero-order chi connectivity index (χ0) is 19.7. The fourth-order valence-corrected chi connectivity index (χ4v) is 4.10. The van der Waals surface area contributed by atoms with Gasteiger partial charge in [-0.05, 0) is 44.2 Å². The molecule has 0 bridgehead atoms. The summed E-state index contributed by atoms with van der Waals surface area (Å²) in [6.45, 7) is 2.49. The summed E-state index contributed by atoms with van der Waals surface area (Å²) in [5, 5.41) is 14.8. The third-order valence-corrected chi connectivity index (χ3v) is 5.92. The van der Waals surface area contributed by atoms with Gasteiger partial charge in [-0.25, -0.2) is 14.2 Å². The molecule has 0 aromatic carbocycles. The van der Waals surface area contributed by atoms with Crippen LogP contribution < -0.4 is 0 Å². The number of hydrogen-bond acceptors (Lipinski definition) is 5. The summed E-state index contributed by atoms with van der Waals surface area (Å²) in [5.41, 5.74) is 1.26. The van der Waals surface area contributed by atoms with Crippen LogP contribution >= 0.6 is 0 Å². The number of alkyl halides is 1. The van der Waals surface area contributed by atoms with Crippen LogP contribution in [0.25, 0.3) is 0 Å². The van der Waals surface area contributed by atoms with E-state index in [2.05, 4.69) is 16.2 Å². The van der Waals surface area contributed by atoms with E-state index < -0.39 is 6.17 Å². The van der Waals surface area contributed by atoms with Gasteiger partial charge in [-0.3, -0.25) is 4.98 Å². The Morgan fingerprint density at radius 3 is 2.82 bits per heavy atom. The summed E-state index contributed by atoms with van der Waals surface area (Å²) in [7, 11) is 0. The molecule has 3 atom stereocenters. The highest BCUT2D eigenvalue weighted by Crippen LogP contribution is 2.33. The number of aromatic nitrogens is 1. The number of likely N-dealkylation sites (tertiary alicyclic amines) is 1. The molecule has 2 amide bonds. The predicted octanol–water partition coefficient (Wildman–Crippen LogP) is 3.18. The molecule has 4 rings (SSSR count). The van der Waals surface area contributed by atoms with Crippen molar-refractivity contribution in [2.75, 3.05) is 6.54 Å². The van der Waals surface area contributed by atoms with Crippen LogP contribution in [0, 0.1) is 11.3 Å². The van der Waals surface area contributed by atoms with Gasteiger partial charge in [0.25, 0.3) is 0 Å². The molecule has 0 spiro atoms. The van der Waals surface area contributed by atoms with Gasteiger partial charge in [0.05, 0.1) is 36.4 Å². The first-order chi connectivity index (χ1) is 13.6. The molecule has 1 saturated heterocycles. The number of hydrazone groups is 1. The molecule has 28 heavy (non-hydrogen) atoms. The van der Waals surface area contributed by atoms with Gasteiger partial charge in [0.2, 0.25) is 0 Å². The number of nitriles is 1. The van der Waals surface area contributed by atoms with E-state index in [1.807, 2.05) is 6.92 Å². The maximum atomic E-state index is 13.3. The molecule has 2 aliphatic heterocycles. The van der Waals surface area contributed by atoms with E-state index in [1.54, 1.807) is 23.4 Å². The largest absolute Gasteiger partial charge is 0.371 e. The minimum absolute atomic E-state index is 0.0151. The number of nitrogens with zero attached hydrogens (tertiary/aromatic N) is 5. The summed E-state index contributed by atoms with van der Waals surface area (Å²) >= 11 is 0. The van der Waals surface area contributed by atoms with E-state index in [9.17, 15) is 9.18 Å². The van der Waals surface area contributed by atoms with Crippen LogP contribution in [0.15, 0.2) is 23.6 Å². The SMILES string of the molecule is C[C@H]1[C@@H](OC2CCC(F)CC2)CN1C(=O)N1N=CC[C@H]1c1cncc(C#N)c1. The fraction of sp³-hybridized carbons (Fsp3) is 0.600. The van der Waals surface area contributed by atoms with E-state index in [-0.39, 0.29) is 30.3 Å². The number of carbonyl (C=O) groups excluding carboxylic acids is 1. The maximum absolute atomic E-state index is 13.3. The van der Waals surface area contributed by atoms with Crippen LogP contribution in [0.1, 0.15) is 56.2 Å². The van der Waals surface area contributed by atoms with Crippen molar-refractivity contribution in [1.29, 1.82) is 5.26 Å². The second-order valence-corrected chi connectivity index (χ2v) is 7.74. The molecule has 0 radical (unpaired) electrons. The van der Waals surface area contributed by atoms with Gasteiger partial charge < -0.3 is 9.64 Å². The molecular weight excluding hydrogens is 361 g/mol. The number of urea groups is 1. The van der Waals surface area contributed by atoms with Gasteiger partial charge >= 0.3 is 6.03 Å². The normalized spacial score (nSPS) is 32.1. The summed E-state index contributed by atoms with van der Waals surface area (Å²) in [5.74, 6) is 0. The summed E-state index contributed by atoms with van der Waals surface area (Å²) in [6, 6.07) is 3.37. The van der Waals surface area contributed by atoms with E-state index in [0.29, 0.717) is 31.4 Å². The first kappa shape index (κ1) is 18.8. The predicted molar refractivity (Wildman–Crippen MR) is 100 cm³/mol. The molecule has 1 aromatic heterocycles. The average molecular weight is 385 g/mol. The molecule has 3 heterocycles. The Kier molecular flexibility index (Phi) is 5.27. The molecule has 148 valence electrons. The molecule has 1 aromatic rings. The minimum Gasteiger partial charge on any atom is -0.371 e. The number of rotatable bonds is 3. The van der Waals surface area contributed by atoms with Gasteiger partial charge in [0, 0.05) is 25.0 Å². The molecule has 8 heteroatoms. The molecule has 7 nitrogen and oxygen atoms in total. The first-order valence-corrected chi connectivity index (χ1v) is 9.83. The Labute approximate surface area is 163 Å². The smallest absolute Gasteiger partial charge is 0.341 e. The molecular formula is C20H24FN5O2. The van der Waals surface area contributed by atoms with Gasteiger partial charge in [0.15, 0.2) is 0 Å². The van der Waals surface area contributed by atoms with Crippen molar-refractivity contribution < 1.29 is 13.9 Å². The Bertz CT molecular complexity index is 802. The molecule has 2 fully saturated rings. The van der Waals surface area contributed by atoms with Crippen molar-refractivity contribution in [3.05, 3.63) is 29.6 Å². The van der Waals surface area contributed by atoms with Crippen molar-refractivity contribution >= 4 is 12.2 Å². The molecule has 1 saturated carbocycles. The Morgan fingerprint density at radius 2 is 2.11 bits per heavy atom. The maximum Gasteiger partial charge on any atom is 0.341 e. The van der Waals surface area contributed by atoms with Crippen molar-refractivity contribution in [2.45, 2.75) is 69.5 Å². The van der Waals surface area contributed by atoms with Crippen LogP contribution in [0.2, 0.25) is 0 Å². The van der Waals surface area contributed by atoms with Gasteiger partial charge in [-0.1, -0.05) is 0 Å². The van der Waals surface area contributed by atoms with Crippen LogP contribution in [-0.4, -0.2) is 58.1 Å². The quantitative estimate of drug-likeness (QED) is 0.800. The number of amides is 2. The van der Waals surface area contributed by atoms with Crippen molar-refractivity contribution in [3.8, 4) is 6.07 Å². The minimum atomic E-state index is -0.698. The summed E-state index contributed by atoms with van der Waals surface area (Å²) < 4.78 is 19.4. The van der Waals surface area contributed by atoms with Crippen LogP contribution in [0.4, 0.5) is 9.18 Å². The third kappa shape index (κ3) is 3.59. The number of hydrogen-bond donors (Lipinski definition) is 0. The van der Waals surface area contributed by atoms with Crippen LogP contribution in [0.5, 0.6) is 0 Å². The fourth-order valence-electron chi connectivity index (χ4n) is 4.10. The Hall–Kier alpha value is -2.53. The first-order valence-electron chi connectivity index (χ1n) is 9.83. The highest BCUT2D eigenvalue weighted by atomic mass is 19.1. The highest BCUT2D eigenvalue weighted by molar-refractivity contribution is 5.79. The Morgan fingerprint density at radius 1 is 1.32 bits per heavy atom. The van der Waals surface area contributed by atoms with E-state index in [1.165, 1.54) is 11.2 Å². The van der Waals surface area contributed by atoms with E-state index in [0.717, 1.165) is 18.4 Å². The number of ether oxygens (including phenoxy) is 1. The summed E-state index contributed by atoms with van der Waals surface area (Å²) in [6.07, 6.45) is 7.49. The Balaban J connectivity index is 1.36. The summed E-state index contributed by atoms with van der Waals surface area (Å²) in [4.78, 5) is 18.9. The number of halogens is 1. The number of pyridine rings is 1. The zero-order valence-corrected chi connectivity index (χ0v) is 15.9. The van der Waals surface area contributed by atoms with Crippen LogP contribution in [0.3, 0.4) is 0 Å². The second kappa shape index (κ2) is 7.84. The highest BCUT2D eigenvalue weighted by Gasteiger charge is 2.44. The lowest BCUT2D eigenvalue weighted by molar-refractivity contribution is -0.124. The average Bonchev–Trinajstić information content (AvgIpc) is 3.21. The number of carbonyl (C=O) groups is 1. The second-order valence-electron chi connectivity index (χ2n) is 7.74. The van der Waals surface area contributed by atoms with Gasteiger partial charge in [-0.15, -0.1) is 0 Å². The lowest BCUT2D eigenvalue weighted by Crippen LogP contribution is -2.64. The van der Waals surface area contributed by atoms with E-state index in [4.69, 9.17) is 10.00 Å². The van der Waals surface area contributed by atoms with Gasteiger partial charge in [0.1, 0.15) is 12.2 Å². The molecule has 3 aliphatic rings. The standard InChI is InChI=1S/C20H24FN5O2/c1-13-19(28-17-4-2-16(21)3-5-17)12-25(13)20(27)26-18(6-7-24-26)15-8-14(9-22)10-23-11-15/h7-8,10-11,13,16-19H,2-6,12H2,1H3/t13-,16?,17?,18-,19-/m0/s1. The van der Waals surface area contributed by atoms with Crippen molar-refractivity contribution in [3.63, 3.8) is 0 Å². The molecule has 0 N–H and O–H groups in total.